The maximum absolute atomic E-state index is 12.0. The lowest BCUT2D eigenvalue weighted by Gasteiger charge is -2.30. The average molecular weight is 327 g/mol. The van der Waals surface area contributed by atoms with Gasteiger partial charge in [-0.15, -0.1) is 12.4 Å². The van der Waals surface area contributed by atoms with Crippen LogP contribution in [0.4, 0.5) is 0 Å². The van der Waals surface area contributed by atoms with E-state index in [0.29, 0.717) is 11.8 Å². The third kappa shape index (κ3) is 5.50. The average Bonchev–Trinajstić information content (AvgIpc) is 2.48. The molecular formula is C17H27ClN2O2. The van der Waals surface area contributed by atoms with Crippen LogP contribution in [0, 0.1) is 5.92 Å². The van der Waals surface area contributed by atoms with Crippen molar-refractivity contribution >= 4 is 18.3 Å². The lowest BCUT2D eigenvalue weighted by molar-refractivity contribution is -0.124. The number of halogens is 1. The van der Waals surface area contributed by atoms with E-state index >= 15 is 0 Å². The van der Waals surface area contributed by atoms with E-state index in [1.54, 1.807) is 0 Å². The van der Waals surface area contributed by atoms with Gasteiger partial charge in [-0.3, -0.25) is 4.79 Å². The number of rotatable bonds is 5. The molecule has 1 aromatic carbocycles. The first-order valence-electron chi connectivity index (χ1n) is 7.79. The first-order valence-corrected chi connectivity index (χ1v) is 7.79. The molecule has 1 heterocycles. The molecule has 0 bridgehead atoms. The quantitative estimate of drug-likeness (QED) is 0.874. The van der Waals surface area contributed by atoms with E-state index in [2.05, 4.69) is 37.5 Å². The van der Waals surface area contributed by atoms with Crippen molar-refractivity contribution in [3.05, 3.63) is 29.8 Å². The molecule has 4 nitrogen and oxygen atoms in total. The van der Waals surface area contributed by atoms with Crippen LogP contribution in [0.3, 0.4) is 0 Å². The van der Waals surface area contributed by atoms with Crippen LogP contribution in [-0.4, -0.2) is 31.6 Å². The molecule has 2 atom stereocenters. The van der Waals surface area contributed by atoms with Crippen molar-refractivity contribution in [2.45, 2.75) is 39.2 Å². The molecule has 0 aromatic heterocycles. The Hall–Kier alpha value is -1.26. The van der Waals surface area contributed by atoms with Crippen molar-refractivity contribution in [3.8, 4) is 5.75 Å². The van der Waals surface area contributed by atoms with Gasteiger partial charge < -0.3 is 15.4 Å². The summed E-state index contributed by atoms with van der Waals surface area (Å²) in [5, 5.41) is 6.36. The molecule has 1 amide bonds. The van der Waals surface area contributed by atoms with Gasteiger partial charge in [-0.2, -0.15) is 0 Å². The van der Waals surface area contributed by atoms with Crippen LogP contribution >= 0.6 is 12.4 Å². The van der Waals surface area contributed by atoms with Crippen molar-refractivity contribution in [1.82, 2.24) is 10.6 Å². The molecule has 2 unspecified atom stereocenters. The maximum Gasteiger partial charge on any atom is 0.258 e. The Morgan fingerprint density at radius 1 is 1.45 bits per heavy atom. The van der Waals surface area contributed by atoms with E-state index in [0.717, 1.165) is 25.3 Å². The minimum Gasteiger partial charge on any atom is -0.484 e. The standard InChI is InChI=1S/C17H26N2O2.ClH/c1-12(2)14-5-4-6-15(9-14)21-11-17(20)19-16-10-18-8-7-13(16)3;/h4-6,9,12-13,16,18H,7-8,10-11H2,1-3H3,(H,19,20);1H. The van der Waals surface area contributed by atoms with Crippen molar-refractivity contribution in [2.24, 2.45) is 5.92 Å². The third-order valence-electron chi connectivity index (χ3n) is 4.07. The lowest BCUT2D eigenvalue weighted by Crippen LogP contribution is -2.51. The van der Waals surface area contributed by atoms with Gasteiger partial charge >= 0.3 is 0 Å². The number of nitrogens with one attached hydrogen (secondary N) is 2. The fourth-order valence-electron chi connectivity index (χ4n) is 2.54. The first kappa shape index (κ1) is 18.8. The molecule has 1 saturated heterocycles. The molecule has 0 saturated carbocycles. The van der Waals surface area contributed by atoms with Crippen LogP contribution in [0.2, 0.25) is 0 Å². The predicted molar refractivity (Wildman–Crippen MR) is 91.9 cm³/mol. The molecule has 1 aliphatic rings. The molecule has 1 aliphatic heterocycles. The van der Waals surface area contributed by atoms with Gasteiger partial charge in [0.05, 0.1) is 0 Å². The fraction of sp³-hybridized carbons (Fsp3) is 0.588. The molecule has 2 N–H and O–H groups in total. The molecule has 0 aliphatic carbocycles. The Morgan fingerprint density at radius 3 is 2.91 bits per heavy atom. The van der Waals surface area contributed by atoms with Crippen LogP contribution in [0.15, 0.2) is 24.3 Å². The van der Waals surface area contributed by atoms with Gasteiger partial charge in [-0.25, -0.2) is 0 Å². The van der Waals surface area contributed by atoms with Gasteiger partial charge in [0.15, 0.2) is 6.61 Å². The number of piperidine rings is 1. The van der Waals surface area contributed by atoms with E-state index in [9.17, 15) is 4.79 Å². The minimum absolute atomic E-state index is 0. The van der Waals surface area contributed by atoms with Crippen molar-refractivity contribution in [2.75, 3.05) is 19.7 Å². The Balaban J connectivity index is 0.00000242. The number of carbonyl (C=O) groups excluding carboxylic acids is 1. The lowest BCUT2D eigenvalue weighted by atomic mass is 9.95. The van der Waals surface area contributed by atoms with E-state index in [1.165, 1.54) is 5.56 Å². The van der Waals surface area contributed by atoms with Crippen LogP contribution < -0.4 is 15.4 Å². The zero-order valence-corrected chi connectivity index (χ0v) is 14.4. The smallest absolute Gasteiger partial charge is 0.258 e. The van der Waals surface area contributed by atoms with Gasteiger partial charge in [0.1, 0.15) is 5.75 Å². The second kappa shape index (κ2) is 9.01. The normalized spacial score (nSPS) is 21.1. The highest BCUT2D eigenvalue weighted by Gasteiger charge is 2.22. The molecule has 0 spiro atoms. The first-order chi connectivity index (χ1) is 10.1. The third-order valence-corrected chi connectivity index (χ3v) is 4.07. The summed E-state index contributed by atoms with van der Waals surface area (Å²) < 4.78 is 5.60. The second-order valence-corrected chi connectivity index (χ2v) is 6.16. The summed E-state index contributed by atoms with van der Waals surface area (Å²) in [6.07, 6.45) is 1.10. The van der Waals surface area contributed by atoms with Gasteiger partial charge in [0, 0.05) is 12.6 Å². The number of carbonyl (C=O) groups is 1. The Morgan fingerprint density at radius 2 is 2.23 bits per heavy atom. The van der Waals surface area contributed by atoms with Gasteiger partial charge in [-0.1, -0.05) is 32.9 Å². The summed E-state index contributed by atoms with van der Waals surface area (Å²) in [7, 11) is 0. The van der Waals surface area contributed by atoms with Crippen molar-refractivity contribution < 1.29 is 9.53 Å². The van der Waals surface area contributed by atoms with Crippen molar-refractivity contribution in [3.63, 3.8) is 0 Å². The molecule has 124 valence electrons. The molecule has 1 fully saturated rings. The molecule has 1 aromatic rings. The molecular weight excluding hydrogens is 300 g/mol. The summed E-state index contributed by atoms with van der Waals surface area (Å²) in [4.78, 5) is 12.0. The van der Waals surface area contributed by atoms with Crippen LogP contribution in [-0.2, 0) is 4.79 Å². The number of amides is 1. The molecule has 22 heavy (non-hydrogen) atoms. The highest BCUT2D eigenvalue weighted by Crippen LogP contribution is 2.20. The largest absolute Gasteiger partial charge is 0.484 e. The number of hydrogen-bond donors (Lipinski definition) is 2. The SMILES string of the molecule is CC(C)c1cccc(OCC(=O)NC2CNCCC2C)c1.Cl. The monoisotopic (exact) mass is 326 g/mol. The van der Waals surface area contributed by atoms with Gasteiger partial charge in [-0.05, 0) is 42.5 Å². The number of benzene rings is 1. The topological polar surface area (TPSA) is 50.4 Å². The Kier molecular flexibility index (Phi) is 7.69. The zero-order chi connectivity index (χ0) is 15.2. The van der Waals surface area contributed by atoms with Crippen LogP contribution in [0.5, 0.6) is 5.75 Å². The second-order valence-electron chi connectivity index (χ2n) is 6.16. The Labute approximate surface area is 139 Å². The fourth-order valence-corrected chi connectivity index (χ4v) is 2.54. The molecule has 0 radical (unpaired) electrons. The minimum atomic E-state index is -0.0505. The zero-order valence-electron chi connectivity index (χ0n) is 13.6. The van der Waals surface area contributed by atoms with Crippen LogP contribution in [0.1, 0.15) is 38.7 Å². The Bertz CT molecular complexity index is 479. The van der Waals surface area contributed by atoms with E-state index in [4.69, 9.17) is 4.74 Å². The van der Waals surface area contributed by atoms with E-state index in [1.807, 2.05) is 18.2 Å². The summed E-state index contributed by atoms with van der Waals surface area (Å²) >= 11 is 0. The highest BCUT2D eigenvalue weighted by molar-refractivity contribution is 5.85. The van der Waals surface area contributed by atoms with Gasteiger partial charge in [0.2, 0.25) is 0 Å². The van der Waals surface area contributed by atoms with E-state index < -0.39 is 0 Å². The van der Waals surface area contributed by atoms with E-state index in [-0.39, 0.29) is 31.0 Å². The maximum atomic E-state index is 12.0. The summed E-state index contributed by atoms with van der Waals surface area (Å²) in [6.45, 7) is 8.41. The summed E-state index contributed by atoms with van der Waals surface area (Å²) in [6, 6.07) is 8.15. The summed E-state index contributed by atoms with van der Waals surface area (Å²) in [5.74, 6) is 1.67. The van der Waals surface area contributed by atoms with Gasteiger partial charge in [0.25, 0.3) is 5.91 Å². The van der Waals surface area contributed by atoms with Crippen LogP contribution in [0.25, 0.3) is 0 Å². The number of ether oxygens (including phenoxy) is 1. The number of hydrogen-bond acceptors (Lipinski definition) is 3. The predicted octanol–water partition coefficient (Wildman–Crippen LogP) is 2.72. The summed E-state index contributed by atoms with van der Waals surface area (Å²) in [5.41, 5.74) is 1.22. The molecule has 2 rings (SSSR count). The van der Waals surface area contributed by atoms with Crippen molar-refractivity contribution in [1.29, 1.82) is 0 Å². The highest BCUT2D eigenvalue weighted by atomic mass is 35.5. The molecule has 5 heteroatoms.